The molecule has 2 heterocycles. The fraction of sp³-hybridized carbons (Fsp3) is 0. The largest absolute Gasteiger partial charge is 0.364 e. The van der Waals surface area contributed by atoms with Crippen molar-refractivity contribution in [3.63, 3.8) is 0 Å². The average molecular weight is 249 g/mol. The molecule has 4 nitrogen and oxygen atoms in total. The Kier molecular flexibility index (Phi) is 2.68. The molecule has 1 aromatic carbocycles. The molecule has 0 aliphatic carbocycles. The summed E-state index contributed by atoms with van der Waals surface area (Å²) in [4.78, 5) is 20.2. The third kappa shape index (κ3) is 2.04. The predicted octanol–water partition coefficient (Wildman–Crippen LogP) is 2.40. The summed E-state index contributed by atoms with van der Waals surface area (Å²) in [6.07, 6.45) is 1.68. The van der Waals surface area contributed by atoms with Crippen LogP contribution in [0, 0.1) is 0 Å². The van der Waals surface area contributed by atoms with Crippen LogP contribution in [0.4, 0.5) is 0 Å². The van der Waals surface area contributed by atoms with Gasteiger partial charge in [-0.05, 0) is 24.3 Å². The topological polar surface area (TPSA) is 68.9 Å². The molecule has 4 heteroatoms. The van der Waals surface area contributed by atoms with E-state index in [4.69, 9.17) is 5.73 Å². The molecule has 2 aromatic heterocycles. The van der Waals surface area contributed by atoms with Crippen LogP contribution in [-0.2, 0) is 0 Å². The van der Waals surface area contributed by atoms with Gasteiger partial charge in [0.15, 0.2) is 0 Å². The van der Waals surface area contributed by atoms with E-state index in [0.717, 1.165) is 10.9 Å². The molecule has 0 atom stereocenters. The Bertz CT molecular complexity index is 754. The number of carbonyl (C=O) groups excluding carboxylic acids is 1. The van der Waals surface area contributed by atoms with Gasteiger partial charge >= 0.3 is 0 Å². The lowest BCUT2D eigenvalue weighted by Crippen LogP contribution is -2.15. The number of pyridine rings is 2. The summed E-state index contributed by atoms with van der Waals surface area (Å²) in [5.41, 5.74) is 7.76. The minimum absolute atomic E-state index is 0.248. The van der Waals surface area contributed by atoms with Gasteiger partial charge in [0.1, 0.15) is 5.69 Å². The van der Waals surface area contributed by atoms with E-state index in [0.29, 0.717) is 11.3 Å². The van der Waals surface area contributed by atoms with Gasteiger partial charge in [-0.3, -0.25) is 9.78 Å². The fourth-order valence-electron chi connectivity index (χ4n) is 2.02. The van der Waals surface area contributed by atoms with Gasteiger partial charge in [-0.15, -0.1) is 0 Å². The Balaban J connectivity index is 2.33. The Hall–Kier alpha value is -2.75. The highest BCUT2D eigenvalue weighted by atomic mass is 16.1. The van der Waals surface area contributed by atoms with Crippen LogP contribution in [0.15, 0.2) is 54.7 Å². The van der Waals surface area contributed by atoms with Crippen LogP contribution in [0.25, 0.3) is 22.2 Å². The number of hydrogen-bond donors (Lipinski definition) is 1. The molecule has 0 saturated heterocycles. The lowest BCUT2D eigenvalue weighted by molar-refractivity contribution is 0.0996. The number of nitrogens with zero attached hydrogens (tertiary/aromatic N) is 2. The SMILES string of the molecule is NC(=O)c1nc2ccccc2cc1-c1ccccn1. The van der Waals surface area contributed by atoms with Gasteiger partial charge in [-0.2, -0.15) is 0 Å². The quantitative estimate of drug-likeness (QED) is 0.758. The fourth-order valence-corrected chi connectivity index (χ4v) is 2.02. The van der Waals surface area contributed by atoms with E-state index in [1.54, 1.807) is 6.20 Å². The first-order valence-electron chi connectivity index (χ1n) is 5.87. The summed E-state index contributed by atoms with van der Waals surface area (Å²) >= 11 is 0. The molecular formula is C15H11N3O. The second-order valence-corrected chi connectivity index (χ2v) is 4.16. The minimum Gasteiger partial charge on any atom is -0.364 e. The first kappa shape index (κ1) is 11.3. The number of fused-ring (bicyclic) bond motifs is 1. The van der Waals surface area contributed by atoms with Crippen LogP contribution < -0.4 is 5.73 Å². The molecule has 92 valence electrons. The molecule has 0 aliphatic heterocycles. The third-order valence-electron chi connectivity index (χ3n) is 2.90. The zero-order valence-electron chi connectivity index (χ0n) is 10.1. The first-order chi connectivity index (χ1) is 9.25. The number of primary amides is 1. The van der Waals surface area contributed by atoms with E-state index < -0.39 is 5.91 Å². The number of benzene rings is 1. The molecule has 0 unspecified atom stereocenters. The second-order valence-electron chi connectivity index (χ2n) is 4.16. The average Bonchev–Trinajstić information content (AvgIpc) is 2.46. The van der Waals surface area contributed by atoms with E-state index in [-0.39, 0.29) is 5.69 Å². The highest BCUT2D eigenvalue weighted by Gasteiger charge is 2.14. The molecule has 0 aliphatic rings. The number of nitrogens with two attached hydrogens (primary N) is 1. The van der Waals surface area contributed by atoms with Crippen LogP contribution in [0.2, 0.25) is 0 Å². The molecular weight excluding hydrogens is 238 g/mol. The number of para-hydroxylation sites is 1. The third-order valence-corrected chi connectivity index (χ3v) is 2.90. The molecule has 3 aromatic rings. The number of hydrogen-bond acceptors (Lipinski definition) is 3. The van der Waals surface area contributed by atoms with Gasteiger partial charge in [-0.25, -0.2) is 4.98 Å². The van der Waals surface area contributed by atoms with Gasteiger partial charge in [0.2, 0.25) is 0 Å². The number of carbonyl (C=O) groups is 1. The predicted molar refractivity (Wildman–Crippen MR) is 73.5 cm³/mol. The summed E-state index contributed by atoms with van der Waals surface area (Å²) in [7, 11) is 0. The molecule has 19 heavy (non-hydrogen) atoms. The van der Waals surface area contributed by atoms with E-state index in [1.807, 2.05) is 48.5 Å². The zero-order chi connectivity index (χ0) is 13.2. The molecule has 3 rings (SSSR count). The summed E-state index contributed by atoms with van der Waals surface area (Å²) < 4.78 is 0. The number of aromatic nitrogens is 2. The van der Waals surface area contributed by atoms with Crippen LogP contribution >= 0.6 is 0 Å². The van der Waals surface area contributed by atoms with Crippen molar-refractivity contribution in [1.29, 1.82) is 0 Å². The standard InChI is InChI=1S/C15H11N3O/c16-15(19)14-11(13-7-3-4-8-17-13)9-10-5-1-2-6-12(10)18-14/h1-9H,(H2,16,19). The van der Waals surface area contributed by atoms with Crippen molar-refractivity contribution in [3.05, 3.63) is 60.4 Å². The Morgan fingerprint density at radius 3 is 2.58 bits per heavy atom. The van der Waals surface area contributed by atoms with Crippen LogP contribution in [0.1, 0.15) is 10.5 Å². The molecule has 1 amide bonds. The van der Waals surface area contributed by atoms with Crippen molar-refractivity contribution in [2.45, 2.75) is 0 Å². The van der Waals surface area contributed by atoms with Crippen molar-refractivity contribution in [3.8, 4) is 11.3 Å². The second kappa shape index (κ2) is 4.49. The maximum atomic E-state index is 11.6. The van der Waals surface area contributed by atoms with Crippen molar-refractivity contribution in [2.24, 2.45) is 5.73 Å². The van der Waals surface area contributed by atoms with Crippen molar-refractivity contribution in [1.82, 2.24) is 9.97 Å². The molecule has 0 radical (unpaired) electrons. The van der Waals surface area contributed by atoms with Crippen molar-refractivity contribution in [2.75, 3.05) is 0 Å². The maximum Gasteiger partial charge on any atom is 0.268 e. The lowest BCUT2D eigenvalue weighted by atomic mass is 10.1. The highest BCUT2D eigenvalue weighted by molar-refractivity contribution is 6.00. The molecule has 2 N–H and O–H groups in total. The molecule has 0 bridgehead atoms. The normalized spacial score (nSPS) is 10.5. The van der Waals surface area contributed by atoms with Crippen LogP contribution in [0.5, 0.6) is 0 Å². The number of amides is 1. The van der Waals surface area contributed by atoms with Gasteiger partial charge < -0.3 is 5.73 Å². The Morgan fingerprint density at radius 1 is 1.05 bits per heavy atom. The van der Waals surface area contributed by atoms with Crippen molar-refractivity contribution < 1.29 is 4.79 Å². The summed E-state index contributed by atoms with van der Waals surface area (Å²) in [5.74, 6) is -0.550. The lowest BCUT2D eigenvalue weighted by Gasteiger charge is -2.07. The minimum atomic E-state index is -0.550. The van der Waals surface area contributed by atoms with Crippen LogP contribution in [-0.4, -0.2) is 15.9 Å². The highest BCUT2D eigenvalue weighted by Crippen LogP contribution is 2.24. The Morgan fingerprint density at radius 2 is 1.84 bits per heavy atom. The van der Waals surface area contributed by atoms with E-state index >= 15 is 0 Å². The molecule has 0 spiro atoms. The van der Waals surface area contributed by atoms with Gasteiger partial charge in [0.05, 0.1) is 11.2 Å². The number of rotatable bonds is 2. The molecule has 0 fully saturated rings. The van der Waals surface area contributed by atoms with Gasteiger partial charge in [0, 0.05) is 17.1 Å². The van der Waals surface area contributed by atoms with E-state index in [1.165, 1.54) is 0 Å². The smallest absolute Gasteiger partial charge is 0.268 e. The van der Waals surface area contributed by atoms with Gasteiger partial charge in [-0.1, -0.05) is 24.3 Å². The van der Waals surface area contributed by atoms with E-state index in [2.05, 4.69) is 9.97 Å². The molecule has 0 saturated carbocycles. The summed E-state index contributed by atoms with van der Waals surface area (Å²) in [6.45, 7) is 0. The first-order valence-corrected chi connectivity index (χ1v) is 5.87. The maximum absolute atomic E-state index is 11.6. The monoisotopic (exact) mass is 249 g/mol. The van der Waals surface area contributed by atoms with Crippen molar-refractivity contribution >= 4 is 16.8 Å². The van der Waals surface area contributed by atoms with Gasteiger partial charge in [0.25, 0.3) is 5.91 Å². The zero-order valence-corrected chi connectivity index (χ0v) is 10.1. The summed E-state index contributed by atoms with van der Waals surface area (Å²) in [6, 6.07) is 15.0. The van der Waals surface area contributed by atoms with Crippen LogP contribution in [0.3, 0.4) is 0 Å². The Labute approximate surface area is 109 Å². The van der Waals surface area contributed by atoms with E-state index in [9.17, 15) is 4.79 Å². The summed E-state index contributed by atoms with van der Waals surface area (Å²) in [5, 5.41) is 0.952.